The van der Waals surface area contributed by atoms with E-state index in [0.717, 1.165) is 0 Å². The van der Waals surface area contributed by atoms with Crippen molar-refractivity contribution >= 4 is 11.7 Å². The van der Waals surface area contributed by atoms with Gasteiger partial charge in [-0.1, -0.05) is 24.3 Å². The maximum atomic E-state index is 11.4. The summed E-state index contributed by atoms with van der Waals surface area (Å²) in [6, 6.07) is -0.181. The standard InChI is InChI=1S/C10H9NO2/c12-9-5-6-10(13)11-8-4-2-1-3-7(8)9/h1-8H,(H,11,13). The van der Waals surface area contributed by atoms with E-state index in [1.54, 1.807) is 0 Å². The summed E-state index contributed by atoms with van der Waals surface area (Å²) >= 11 is 0. The summed E-state index contributed by atoms with van der Waals surface area (Å²) in [7, 11) is 0. The minimum Gasteiger partial charge on any atom is -0.345 e. The van der Waals surface area contributed by atoms with E-state index < -0.39 is 0 Å². The number of rotatable bonds is 0. The van der Waals surface area contributed by atoms with E-state index in [9.17, 15) is 9.59 Å². The van der Waals surface area contributed by atoms with Crippen molar-refractivity contribution in [1.82, 2.24) is 5.32 Å². The van der Waals surface area contributed by atoms with Crippen molar-refractivity contribution in [1.29, 1.82) is 0 Å². The third kappa shape index (κ3) is 1.45. The number of hydrogen-bond donors (Lipinski definition) is 1. The highest BCUT2D eigenvalue weighted by atomic mass is 16.2. The molecule has 2 aliphatic rings. The summed E-state index contributed by atoms with van der Waals surface area (Å²) in [5.74, 6) is -0.461. The molecular weight excluding hydrogens is 166 g/mol. The number of allylic oxidation sites excluding steroid dienone is 3. The van der Waals surface area contributed by atoms with Crippen LogP contribution in [0.15, 0.2) is 36.5 Å². The molecule has 0 bridgehead atoms. The van der Waals surface area contributed by atoms with E-state index in [2.05, 4.69) is 5.32 Å². The van der Waals surface area contributed by atoms with Crippen LogP contribution >= 0.6 is 0 Å². The Labute approximate surface area is 75.8 Å². The van der Waals surface area contributed by atoms with Crippen LogP contribution in [0.5, 0.6) is 0 Å². The predicted octanol–water partition coefficient (Wildman–Crippen LogP) is 0.352. The van der Waals surface area contributed by atoms with Crippen molar-refractivity contribution in [2.45, 2.75) is 6.04 Å². The van der Waals surface area contributed by atoms with E-state index >= 15 is 0 Å². The minimum atomic E-state index is -0.229. The highest BCUT2D eigenvalue weighted by molar-refractivity contribution is 6.02. The fraction of sp³-hybridized carbons (Fsp3) is 0.200. The molecule has 2 atom stereocenters. The molecule has 0 aromatic heterocycles. The summed E-state index contributed by atoms with van der Waals surface area (Å²) in [6.07, 6.45) is 9.91. The Hall–Kier alpha value is -1.64. The molecule has 1 aliphatic heterocycles. The van der Waals surface area contributed by atoms with Gasteiger partial charge in [-0.2, -0.15) is 0 Å². The number of amides is 1. The van der Waals surface area contributed by atoms with Gasteiger partial charge < -0.3 is 5.32 Å². The molecule has 0 saturated heterocycles. The van der Waals surface area contributed by atoms with E-state index in [4.69, 9.17) is 0 Å². The maximum absolute atomic E-state index is 11.4. The Morgan fingerprint density at radius 2 is 1.85 bits per heavy atom. The zero-order valence-corrected chi connectivity index (χ0v) is 6.94. The first-order valence-electron chi connectivity index (χ1n) is 4.15. The highest BCUT2D eigenvalue weighted by Gasteiger charge is 2.27. The van der Waals surface area contributed by atoms with Crippen molar-refractivity contribution in [2.24, 2.45) is 5.92 Å². The lowest BCUT2D eigenvalue weighted by molar-refractivity contribution is -0.117. The fourth-order valence-corrected chi connectivity index (χ4v) is 1.50. The van der Waals surface area contributed by atoms with Crippen LogP contribution in [0.25, 0.3) is 0 Å². The van der Waals surface area contributed by atoms with Crippen LogP contribution in [0, 0.1) is 5.92 Å². The van der Waals surface area contributed by atoms with Crippen LogP contribution in [0.1, 0.15) is 0 Å². The summed E-state index contributed by atoms with van der Waals surface area (Å²) in [5.41, 5.74) is 0. The normalized spacial score (nSPS) is 31.1. The molecule has 2 rings (SSSR count). The molecule has 0 saturated carbocycles. The molecule has 1 N–H and O–H groups in total. The zero-order valence-electron chi connectivity index (χ0n) is 6.94. The van der Waals surface area contributed by atoms with Crippen molar-refractivity contribution in [2.75, 3.05) is 0 Å². The Morgan fingerprint density at radius 3 is 2.69 bits per heavy atom. The van der Waals surface area contributed by atoms with Gasteiger partial charge in [0.15, 0.2) is 5.78 Å². The van der Waals surface area contributed by atoms with Crippen LogP contribution in [-0.4, -0.2) is 17.7 Å². The van der Waals surface area contributed by atoms with Gasteiger partial charge in [0.2, 0.25) is 5.91 Å². The van der Waals surface area contributed by atoms with E-state index in [1.165, 1.54) is 12.2 Å². The molecule has 0 aromatic carbocycles. The van der Waals surface area contributed by atoms with E-state index in [1.807, 2.05) is 24.3 Å². The van der Waals surface area contributed by atoms with Gasteiger partial charge in [-0.15, -0.1) is 0 Å². The number of nitrogens with one attached hydrogen (secondary N) is 1. The Bertz CT molecular complexity index is 339. The molecule has 3 nitrogen and oxygen atoms in total. The third-order valence-electron chi connectivity index (χ3n) is 2.17. The van der Waals surface area contributed by atoms with Crippen LogP contribution in [0.3, 0.4) is 0 Å². The third-order valence-corrected chi connectivity index (χ3v) is 2.17. The average molecular weight is 175 g/mol. The molecular formula is C10H9NO2. The number of carbonyl (C=O) groups excluding carboxylic acids is 2. The fourth-order valence-electron chi connectivity index (χ4n) is 1.50. The van der Waals surface area contributed by atoms with Crippen LogP contribution in [0.2, 0.25) is 0 Å². The molecule has 66 valence electrons. The summed E-state index contributed by atoms with van der Waals surface area (Å²) in [4.78, 5) is 22.5. The lowest BCUT2D eigenvalue weighted by atomic mass is 9.92. The molecule has 0 fully saturated rings. The molecule has 0 spiro atoms. The molecule has 0 radical (unpaired) electrons. The van der Waals surface area contributed by atoms with Gasteiger partial charge in [0.25, 0.3) is 0 Å². The summed E-state index contributed by atoms with van der Waals surface area (Å²) < 4.78 is 0. The summed E-state index contributed by atoms with van der Waals surface area (Å²) in [6.45, 7) is 0. The maximum Gasteiger partial charge on any atom is 0.244 e. The smallest absolute Gasteiger partial charge is 0.244 e. The molecule has 2 unspecified atom stereocenters. The molecule has 1 aliphatic carbocycles. The topological polar surface area (TPSA) is 46.2 Å². The molecule has 1 amide bonds. The van der Waals surface area contributed by atoms with E-state index in [-0.39, 0.29) is 23.7 Å². The monoisotopic (exact) mass is 175 g/mol. The van der Waals surface area contributed by atoms with Gasteiger partial charge in [-0.25, -0.2) is 0 Å². The lowest BCUT2D eigenvalue weighted by Gasteiger charge is -2.20. The lowest BCUT2D eigenvalue weighted by Crippen LogP contribution is -2.38. The van der Waals surface area contributed by atoms with Crippen molar-refractivity contribution in [3.8, 4) is 0 Å². The van der Waals surface area contributed by atoms with Gasteiger partial charge in [0.1, 0.15) is 0 Å². The Balaban J connectivity index is 2.32. The number of ketones is 1. The zero-order chi connectivity index (χ0) is 9.26. The highest BCUT2D eigenvalue weighted by Crippen LogP contribution is 2.16. The van der Waals surface area contributed by atoms with Crippen molar-refractivity contribution < 1.29 is 9.59 Å². The molecule has 3 heteroatoms. The number of fused-ring (bicyclic) bond motifs is 1. The summed E-state index contributed by atoms with van der Waals surface area (Å²) in [5, 5.41) is 2.73. The van der Waals surface area contributed by atoms with Gasteiger partial charge in [0.05, 0.1) is 12.0 Å². The first-order valence-corrected chi connectivity index (χ1v) is 4.15. The van der Waals surface area contributed by atoms with Gasteiger partial charge in [-0.3, -0.25) is 9.59 Å². The van der Waals surface area contributed by atoms with Gasteiger partial charge >= 0.3 is 0 Å². The largest absolute Gasteiger partial charge is 0.345 e. The SMILES string of the molecule is O=C1C=CC(=O)C2C=CC=CC2N1. The molecule has 13 heavy (non-hydrogen) atoms. The van der Waals surface area contributed by atoms with Crippen LogP contribution in [-0.2, 0) is 9.59 Å². The predicted molar refractivity (Wildman–Crippen MR) is 47.8 cm³/mol. The second-order valence-electron chi connectivity index (χ2n) is 3.07. The van der Waals surface area contributed by atoms with Crippen molar-refractivity contribution in [3.05, 3.63) is 36.5 Å². The Morgan fingerprint density at radius 1 is 1.08 bits per heavy atom. The number of hydrogen-bond acceptors (Lipinski definition) is 2. The van der Waals surface area contributed by atoms with Gasteiger partial charge in [-0.05, 0) is 6.08 Å². The van der Waals surface area contributed by atoms with E-state index in [0.29, 0.717) is 0 Å². The van der Waals surface area contributed by atoms with Crippen LogP contribution in [0.4, 0.5) is 0 Å². The first kappa shape index (κ1) is 7.98. The quantitative estimate of drug-likeness (QED) is 0.577. The second-order valence-corrected chi connectivity index (χ2v) is 3.07. The molecule has 1 heterocycles. The minimum absolute atomic E-state index is 0.0241. The number of carbonyl (C=O) groups is 2. The first-order chi connectivity index (χ1) is 6.27. The Kier molecular flexibility index (Phi) is 1.85. The van der Waals surface area contributed by atoms with Crippen molar-refractivity contribution in [3.63, 3.8) is 0 Å². The molecule has 0 aromatic rings. The van der Waals surface area contributed by atoms with Crippen LogP contribution < -0.4 is 5.32 Å². The second kappa shape index (κ2) is 3.01. The van der Waals surface area contributed by atoms with Gasteiger partial charge in [0, 0.05) is 6.08 Å². The average Bonchev–Trinajstić information content (AvgIpc) is 2.27.